The van der Waals surface area contributed by atoms with E-state index < -0.39 is 35.8 Å². The van der Waals surface area contributed by atoms with Gasteiger partial charge in [0, 0.05) is 24.3 Å². The molecule has 0 saturated carbocycles. The highest BCUT2D eigenvalue weighted by Gasteiger charge is 2.22. The average molecular weight is 1170 g/mol. The van der Waals surface area contributed by atoms with Crippen LogP contribution in [0.1, 0.15) is 129 Å². The number of hydrogen-bond donors (Lipinski definition) is 1. The second-order valence-corrected chi connectivity index (χ2v) is 19.7. The summed E-state index contributed by atoms with van der Waals surface area (Å²) in [5.74, 6) is -1.23. The minimum atomic E-state index is -0.696. The lowest BCUT2D eigenvalue weighted by molar-refractivity contribution is -0.138. The highest BCUT2D eigenvalue weighted by Crippen LogP contribution is 2.39. The van der Waals surface area contributed by atoms with E-state index in [0.29, 0.717) is 86.8 Å². The maximum atomic E-state index is 13.9. The fourth-order valence-electron chi connectivity index (χ4n) is 7.79. The predicted molar refractivity (Wildman–Crippen MR) is 321 cm³/mol. The van der Waals surface area contributed by atoms with E-state index in [0.717, 1.165) is 112 Å². The summed E-state index contributed by atoms with van der Waals surface area (Å²) in [6.45, 7) is 16.5. The van der Waals surface area contributed by atoms with Gasteiger partial charge in [-0.2, -0.15) is 5.10 Å². The molecule has 0 aliphatic heterocycles. The number of rotatable bonds is 43. The van der Waals surface area contributed by atoms with Gasteiger partial charge in [0.25, 0.3) is 0 Å². The zero-order chi connectivity index (χ0) is 60.0. The van der Waals surface area contributed by atoms with Gasteiger partial charge in [0.2, 0.25) is 5.13 Å². The van der Waals surface area contributed by atoms with Crippen molar-refractivity contribution in [2.75, 3.05) is 58.3 Å². The van der Waals surface area contributed by atoms with E-state index in [1.165, 1.54) is 29.7 Å². The van der Waals surface area contributed by atoms with Crippen LogP contribution < -0.4 is 33.8 Å². The zero-order valence-corrected chi connectivity index (χ0v) is 48.3. The fourth-order valence-corrected chi connectivity index (χ4v) is 8.63. The molecule has 0 atom stereocenters. The lowest BCUT2D eigenvalue weighted by atomic mass is 10.1. The molecule has 1 heterocycles. The van der Waals surface area contributed by atoms with Crippen LogP contribution in [-0.2, 0) is 38.1 Å². The molecule has 0 amide bonds. The van der Waals surface area contributed by atoms with Crippen molar-refractivity contribution >= 4 is 68.7 Å². The van der Waals surface area contributed by atoms with Gasteiger partial charge in [-0.1, -0.05) is 37.7 Å². The Morgan fingerprint density at radius 2 is 0.810 bits per heavy atom. The van der Waals surface area contributed by atoms with Gasteiger partial charge < -0.3 is 47.4 Å². The number of nitrogens with zero attached hydrogens (tertiary/aromatic N) is 2. The zero-order valence-electron chi connectivity index (χ0n) is 47.5. The number of anilines is 1. The summed E-state index contributed by atoms with van der Waals surface area (Å²) in [5.41, 5.74) is 4.34. The standard InChI is InChI=1S/C64H75N3O16S/c1-5-57(68)77-40-20-12-9-17-37-74-49-29-25-47(26-30-49)62(72)82-54-35-36-55(83-63(73)48-27-31-50(32-28-48)75-38-18-10-13-21-41-78-58(69)6-2)61(81-44-24-16-15-23-43-80-60(71)8-4)52(54)46-65-67-64-66-53-34-33-51(45-56(53)84-64)76-39-19-11-14-22-42-79-59(70)7-3/h5-8,25-36,45-46H,1-4,9-24,37-44H2,(H,66,67)/b65-46+. The van der Waals surface area contributed by atoms with Crippen LogP contribution in [0.2, 0.25) is 0 Å². The lowest BCUT2D eigenvalue weighted by Crippen LogP contribution is -2.14. The summed E-state index contributed by atoms with van der Waals surface area (Å²) in [7, 11) is 0. The van der Waals surface area contributed by atoms with E-state index in [2.05, 4.69) is 36.8 Å². The molecule has 0 saturated heterocycles. The number of fused-ring (bicyclic) bond motifs is 1. The van der Waals surface area contributed by atoms with Gasteiger partial charge in [-0.15, -0.1) is 0 Å². The number of carbonyl (C=O) groups excluding carboxylic acids is 6. The molecule has 5 aromatic rings. The molecule has 1 aromatic heterocycles. The first-order valence-electron chi connectivity index (χ1n) is 28.2. The monoisotopic (exact) mass is 1170 g/mol. The fraction of sp³-hybridized carbons (Fsp3) is 0.375. The smallest absolute Gasteiger partial charge is 0.343 e. The highest BCUT2D eigenvalue weighted by molar-refractivity contribution is 7.22. The number of carbonyl (C=O) groups is 6. The molecule has 84 heavy (non-hydrogen) atoms. The Kier molecular flexibility index (Phi) is 30.5. The first-order chi connectivity index (χ1) is 41.0. The molecular formula is C64H75N3O16S. The minimum Gasteiger partial charge on any atom is -0.494 e. The van der Waals surface area contributed by atoms with Crippen LogP contribution >= 0.6 is 11.3 Å². The van der Waals surface area contributed by atoms with Crippen LogP contribution in [0.3, 0.4) is 0 Å². The van der Waals surface area contributed by atoms with Crippen LogP contribution in [0.4, 0.5) is 5.13 Å². The molecule has 0 aliphatic rings. The molecule has 0 spiro atoms. The summed E-state index contributed by atoms with van der Waals surface area (Å²) in [5, 5.41) is 4.98. The number of ether oxygens (including phenoxy) is 10. The molecule has 0 fully saturated rings. The van der Waals surface area contributed by atoms with Crippen molar-refractivity contribution < 1.29 is 76.1 Å². The summed E-state index contributed by atoms with van der Waals surface area (Å²) in [6.07, 6.45) is 18.5. The third-order valence-electron chi connectivity index (χ3n) is 12.3. The van der Waals surface area contributed by atoms with Crippen molar-refractivity contribution in [1.82, 2.24) is 4.98 Å². The molecule has 448 valence electrons. The number of thiazole rings is 1. The van der Waals surface area contributed by atoms with E-state index in [4.69, 9.17) is 52.4 Å². The Bertz CT molecular complexity index is 2960. The van der Waals surface area contributed by atoms with Crippen LogP contribution in [0, 0.1) is 0 Å². The van der Waals surface area contributed by atoms with E-state index in [1.807, 2.05) is 18.2 Å². The summed E-state index contributed by atoms with van der Waals surface area (Å²) < 4.78 is 57.5. The number of benzene rings is 4. The summed E-state index contributed by atoms with van der Waals surface area (Å²) >= 11 is 1.34. The van der Waals surface area contributed by atoms with Crippen LogP contribution in [0.5, 0.6) is 34.5 Å². The molecule has 0 unspecified atom stereocenters. The minimum absolute atomic E-state index is 0.0244. The van der Waals surface area contributed by atoms with Crippen LogP contribution in [0.15, 0.2) is 135 Å². The molecule has 0 aliphatic carbocycles. The van der Waals surface area contributed by atoms with Gasteiger partial charge in [0.1, 0.15) is 23.0 Å². The Hall–Kier alpha value is -8.78. The first kappa shape index (κ1) is 66.0. The van der Waals surface area contributed by atoms with Crippen molar-refractivity contribution in [2.24, 2.45) is 5.10 Å². The molecule has 19 nitrogen and oxygen atoms in total. The molecule has 0 radical (unpaired) electrons. The van der Waals surface area contributed by atoms with Crippen molar-refractivity contribution in [2.45, 2.75) is 103 Å². The van der Waals surface area contributed by atoms with Crippen LogP contribution in [0.25, 0.3) is 10.2 Å². The maximum Gasteiger partial charge on any atom is 0.343 e. The van der Waals surface area contributed by atoms with Crippen molar-refractivity contribution in [3.8, 4) is 34.5 Å². The van der Waals surface area contributed by atoms with E-state index in [9.17, 15) is 28.8 Å². The van der Waals surface area contributed by atoms with Gasteiger partial charge in [0.05, 0.1) is 86.0 Å². The van der Waals surface area contributed by atoms with Crippen LogP contribution in [-0.4, -0.2) is 99.9 Å². The molecule has 0 bridgehead atoms. The Morgan fingerprint density at radius 3 is 1.24 bits per heavy atom. The Labute approximate surface area is 494 Å². The van der Waals surface area contributed by atoms with E-state index >= 15 is 0 Å². The number of esters is 6. The maximum absolute atomic E-state index is 13.9. The van der Waals surface area contributed by atoms with E-state index in [-0.39, 0.29) is 47.2 Å². The Balaban J connectivity index is 1.32. The second-order valence-electron chi connectivity index (χ2n) is 18.7. The third-order valence-corrected chi connectivity index (χ3v) is 13.2. The molecule has 5 rings (SSSR count). The predicted octanol–water partition coefficient (Wildman–Crippen LogP) is 12.9. The molecule has 1 N–H and O–H groups in total. The summed E-state index contributed by atoms with van der Waals surface area (Å²) in [4.78, 5) is 77.8. The summed E-state index contributed by atoms with van der Waals surface area (Å²) in [6, 6.07) is 21.7. The highest BCUT2D eigenvalue weighted by atomic mass is 32.1. The number of unbranched alkanes of at least 4 members (excludes halogenated alkanes) is 12. The number of hydrogen-bond acceptors (Lipinski definition) is 20. The van der Waals surface area contributed by atoms with Gasteiger partial charge >= 0.3 is 35.8 Å². The molecule has 4 aromatic carbocycles. The quantitative estimate of drug-likeness (QED) is 0.00727. The largest absolute Gasteiger partial charge is 0.494 e. The normalized spacial score (nSPS) is 10.8. The number of hydrazone groups is 1. The van der Waals surface area contributed by atoms with Crippen molar-refractivity contribution in [3.05, 3.63) is 146 Å². The molecule has 20 heteroatoms. The van der Waals surface area contributed by atoms with Crippen molar-refractivity contribution in [1.29, 1.82) is 0 Å². The Morgan fingerprint density at radius 1 is 0.440 bits per heavy atom. The average Bonchev–Trinajstić information content (AvgIpc) is 3.36. The van der Waals surface area contributed by atoms with E-state index in [1.54, 1.807) is 48.5 Å². The number of nitrogens with one attached hydrogen (secondary N) is 1. The first-order valence-corrected chi connectivity index (χ1v) is 29.0. The van der Waals surface area contributed by atoms with Crippen molar-refractivity contribution in [3.63, 3.8) is 0 Å². The third kappa shape index (κ3) is 25.2. The lowest BCUT2D eigenvalue weighted by Gasteiger charge is -2.17. The topological polar surface area (TPSA) is 232 Å². The SMILES string of the molecule is C=CC(=O)OCCCCCCOc1ccc(C(=O)Oc2ccc(OC(=O)c3ccc(OCCCCCCOC(=O)C=C)cc3)c(OCCCCCCOC(=O)C=C)c2/C=N/Nc2nc3ccc(OCCCCCCOC(=O)C=C)cc3s2)cc1. The van der Waals surface area contributed by atoms with Gasteiger partial charge in [-0.05, 0) is 182 Å². The van der Waals surface area contributed by atoms with Gasteiger partial charge in [0.15, 0.2) is 11.5 Å². The molecular weight excluding hydrogens is 1100 g/mol. The number of aromatic nitrogens is 1. The van der Waals surface area contributed by atoms with Gasteiger partial charge in [-0.3, -0.25) is 5.43 Å². The van der Waals surface area contributed by atoms with Gasteiger partial charge in [-0.25, -0.2) is 33.8 Å². The second kappa shape index (κ2) is 38.8.